The number of allylic oxidation sites excluding steroid dienone is 1. The van der Waals surface area contributed by atoms with Crippen LogP contribution in [0.1, 0.15) is 61.0 Å². The smallest absolute Gasteiger partial charge is 0.302 e. The van der Waals surface area contributed by atoms with Gasteiger partial charge < -0.3 is 22.3 Å². The van der Waals surface area contributed by atoms with Crippen molar-refractivity contribution in [2.45, 2.75) is 60.8 Å². The van der Waals surface area contributed by atoms with E-state index in [0.29, 0.717) is 6.61 Å². The van der Waals surface area contributed by atoms with E-state index in [-0.39, 0.29) is 122 Å². The summed E-state index contributed by atoms with van der Waals surface area (Å²) < 4.78 is 7.80. The number of hydrogen-bond acceptors (Lipinski definition) is 4. The summed E-state index contributed by atoms with van der Waals surface area (Å²) in [6.07, 6.45) is 4.27. The Bertz CT molecular complexity index is 562. The Morgan fingerprint density at radius 2 is 1.37 bits per heavy atom. The Labute approximate surface area is 261 Å². The molecule has 0 bridgehead atoms. The maximum Gasteiger partial charge on any atom is 0.302 e. The van der Waals surface area contributed by atoms with Crippen molar-refractivity contribution in [2.75, 3.05) is 11.3 Å². The molecule has 9 heteroatoms. The van der Waals surface area contributed by atoms with Crippen LogP contribution in [-0.2, 0) is 133 Å². The second-order valence-electron chi connectivity index (χ2n) is 8.24. The van der Waals surface area contributed by atoms with Crippen LogP contribution in [0, 0.1) is 11.3 Å². The molecule has 1 rings (SSSR count). The number of carbonyl (C=O) groups excluding carboxylic acids is 1. The van der Waals surface area contributed by atoms with Crippen molar-refractivity contribution in [1.29, 1.82) is 0 Å². The summed E-state index contributed by atoms with van der Waals surface area (Å²) in [5.74, 6) is 0.586. The van der Waals surface area contributed by atoms with Gasteiger partial charge in [0.25, 0.3) is 0 Å². The van der Waals surface area contributed by atoms with Gasteiger partial charge in [0.1, 0.15) is 0 Å². The summed E-state index contributed by atoms with van der Waals surface area (Å²) in [5, 5.41) is 0. The average molecular weight is 1340 g/mol. The van der Waals surface area contributed by atoms with Crippen molar-refractivity contribution in [3.8, 4) is 0 Å². The van der Waals surface area contributed by atoms with Gasteiger partial charge in [-0.05, 0) is 23.6 Å². The molecule has 3 nitrogen and oxygen atoms in total. The number of carbonyl (C=O) groups is 1. The zero-order valence-electron chi connectivity index (χ0n) is 18.6. The molecule has 1 N–H and O–H groups in total. The molecule has 1 aromatic carbocycles. The van der Waals surface area contributed by atoms with Gasteiger partial charge in [0.2, 0.25) is 0 Å². The van der Waals surface area contributed by atoms with E-state index in [1.54, 1.807) is 0 Å². The summed E-state index contributed by atoms with van der Waals surface area (Å²) in [5.41, 5.74) is 1.83. The first kappa shape index (κ1) is 45.5. The summed E-state index contributed by atoms with van der Waals surface area (Å²) >= 11 is 4.80. The van der Waals surface area contributed by atoms with E-state index in [1.165, 1.54) is 12.5 Å². The molecular weight excluding hydrogens is 1310 g/mol. The second kappa shape index (κ2) is 22.8. The number of anilines is 1. The molecule has 192 valence electrons. The Morgan fingerprint density at radius 3 is 1.70 bits per heavy atom. The first-order valence-corrected chi connectivity index (χ1v) is 9.13. The van der Waals surface area contributed by atoms with Crippen LogP contribution in [0.25, 0.3) is 0 Å². The fraction of sp³-hybridized carbons (Fsp3) is 0.571. The van der Waals surface area contributed by atoms with E-state index in [9.17, 15) is 4.79 Å². The van der Waals surface area contributed by atoms with Crippen molar-refractivity contribution in [3.05, 3.63) is 42.0 Å². The normalized spacial score (nSPS) is 9.93. The molecule has 0 aliphatic carbocycles. The van der Waals surface area contributed by atoms with Gasteiger partial charge in [0.15, 0.2) is 0 Å². The number of ether oxygens (including phenoxy) is 1. The SMILES string of the molecule is CC(=O)OCC(C)(C)/C=C/C(C)(C)c1ccc(N[S-])cc1.CC(C)C.[Pt].[Pt].[Pt].[Pt].[Pt]. The fourth-order valence-corrected chi connectivity index (χ4v) is 1.97. The summed E-state index contributed by atoms with van der Waals surface area (Å²) in [4.78, 5) is 10.9. The zero-order chi connectivity index (χ0) is 19.7. The second-order valence-corrected chi connectivity index (χ2v) is 8.44. The molecule has 0 saturated carbocycles. The third-order valence-electron chi connectivity index (χ3n) is 3.35. The van der Waals surface area contributed by atoms with Crippen LogP contribution in [0.15, 0.2) is 36.4 Å². The van der Waals surface area contributed by atoms with Gasteiger partial charge >= 0.3 is 5.97 Å². The zero-order valence-corrected chi connectivity index (χ0v) is 30.7. The van der Waals surface area contributed by atoms with E-state index >= 15 is 0 Å². The van der Waals surface area contributed by atoms with Crippen molar-refractivity contribution in [3.63, 3.8) is 0 Å². The monoisotopic (exact) mass is 1340 g/mol. The van der Waals surface area contributed by atoms with Crippen molar-refractivity contribution in [2.24, 2.45) is 11.3 Å². The maximum atomic E-state index is 10.9. The number of nitrogens with one attached hydrogen (secondary N) is 1. The average Bonchev–Trinajstić information content (AvgIpc) is 2.51. The predicted molar refractivity (Wildman–Crippen MR) is 111 cm³/mol. The third kappa shape index (κ3) is 23.2. The van der Waals surface area contributed by atoms with Crippen molar-refractivity contribution in [1.82, 2.24) is 0 Å². The van der Waals surface area contributed by atoms with E-state index in [0.717, 1.165) is 11.6 Å². The molecule has 0 spiro atoms. The molecule has 0 unspecified atom stereocenters. The minimum atomic E-state index is -0.247. The fourth-order valence-electron chi connectivity index (χ4n) is 1.83. The molecule has 0 amide bonds. The van der Waals surface area contributed by atoms with Gasteiger partial charge in [-0.25, -0.2) is 0 Å². The quantitative estimate of drug-likeness (QED) is 0.228. The molecule has 0 heterocycles. The van der Waals surface area contributed by atoms with Gasteiger partial charge in [-0.15, -0.1) is 0 Å². The van der Waals surface area contributed by atoms with Crippen LogP contribution in [0.5, 0.6) is 0 Å². The maximum absolute atomic E-state index is 10.9. The van der Waals surface area contributed by atoms with Crippen LogP contribution < -0.4 is 4.72 Å². The van der Waals surface area contributed by atoms with Crippen LogP contribution in [-0.4, -0.2) is 12.6 Å². The number of rotatable bonds is 6. The largest absolute Gasteiger partial charge is 0.670 e. The van der Waals surface area contributed by atoms with Crippen LogP contribution in [0.3, 0.4) is 0 Å². The number of benzene rings is 1. The molecular formula is C21H34NO2Pt5S-. The minimum Gasteiger partial charge on any atom is -0.670 e. The summed E-state index contributed by atoms with van der Waals surface area (Å²) in [7, 11) is 0. The Morgan fingerprint density at radius 1 is 0.967 bits per heavy atom. The van der Waals surface area contributed by atoms with Crippen LogP contribution >= 0.6 is 0 Å². The molecule has 0 aliphatic rings. The molecule has 0 radical (unpaired) electrons. The summed E-state index contributed by atoms with van der Waals surface area (Å²) in [6.45, 7) is 16.7. The number of esters is 1. The van der Waals surface area contributed by atoms with E-state index in [1.807, 2.05) is 26.0 Å². The third-order valence-corrected chi connectivity index (χ3v) is 3.58. The number of hydrogen-bond donors (Lipinski definition) is 1. The Hall–Kier alpha value is 2.02. The predicted octanol–water partition coefficient (Wildman–Crippen LogP) is 5.63. The van der Waals surface area contributed by atoms with Gasteiger partial charge in [0.05, 0.1) is 6.61 Å². The van der Waals surface area contributed by atoms with Gasteiger partial charge in [0, 0.05) is 129 Å². The van der Waals surface area contributed by atoms with E-state index < -0.39 is 0 Å². The van der Waals surface area contributed by atoms with Crippen molar-refractivity contribution >= 4 is 24.5 Å². The molecule has 0 aliphatic heterocycles. The topological polar surface area (TPSA) is 38.3 Å². The van der Waals surface area contributed by atoms with Gasteiger partial charge in [-0.2, -0.15) is 0 Å². The van der Waals surface area contributed by atoms with E-state index in [4.69, 9.17) is 17.6 Å². The standard InChI is InChI=1S/C17H24NO2S.C4H10.5Pt/c1-13(19)20-12-16(2,3)10-11-17(4,5)14-6-8-15(18-21)9-7-14;1-4(2)3;;;;;/h6-11,18H,12H2,1-5H3;4H,1-3H3;;;;;/q-1;;;;;;/b11-10+;;;;;;. The van der Waals surface area contributed by atoms with Gasteiger partial charge in [-0.1, -0.05) is 72.8 Å². The van der Waals surface area contributed by atoms with E-state index in [2.05, 4.69) is 63.6 Å². The molecule has 1 aromatic rings. The first-order chi connectivity index (χ1) is 11.4. The van der Waals surface area contributed by atoms with Crippen LogP contribution in [0.2, 0.25) is 0 Å². The molecule has 30 heavy (non-hydrogen) atoms. The summed E-state index contributed by atoms with van der Waals surface area (Å²) in [6, 6.07) is 8.08. The first-order valence-electron chi connectivity index (χ1n) is 8.72. The van der Waals surface area contributed by atoms with Crippen LogP contribution in [0.4, 0.5) is 5.69 Å². The molecule has 0 fully saturated rings. The Kier molecular flexibility index (Phi) is 34.6. The molecule has 0 saturated heterocycles. The minimum absolute atomic E-state index is 0. The van der Waals surface area contributed by atoms with Crippen molar-refractivity contribution < 1.29 is 115 Å². The molecule has 0 atom stereocenters. The molecule has 0 aromatic heterocycles. The Balaban J connectivity index is -0.000000147. The van der Waals surface area contributed by atoms with Gasteiger partial charge in [-0.3, -0.25) is 4.79 Å².